The van der Waals surface area contributed by atoms with Crippen LogP contribution in [0.15, 0.2) is 42.3 Å². The zero-order valence-corrected chi connectivity index (χ0v) is 14.4. The lowest BCUT2D eigenvalue weighted by atomic mass is 9.95. The smallest absolute Gasteiger partial charge is 0.137 e. The van der Waals surface area contributed by atoms with E-state index in [4.69, 9.17) is 0 Å². The third-order valence-electron chi connectivity index (χ3n) is 4.69. The maximum Gasteiger partial charge on any atom is 0.137 e. The van der Waals surface area contributed by atoms with Crippen LogP contribution in [0, 0.1) is 0 Å². The van der Waals surface area contributed by atoms with Crippen LogP contribution in [0.2, 0.25) is 0 Å². The summed E-state index contributed by atoms with van der Waals surface area (Å²) in [6.45, 7) is 4.31. The van der Waals surface area contributed by atoms with Crippen molar-refractivity contribution in [2.45, 2.75) is 18.8 Å². The number of anilines is 1. The Hall–Kier alpha value is -2.05. The van der Waals surface area contributed by atoms with Gasteiger partial charge in [-0.05, 0) is 49.4 Å². The van der Waals surface area contributed by atoms with Crippen molar-refractivity contribution in [2.24, 2.45) is 0 Å². The fraction of sp³-hybridized carbons (Fsp3) is 0.389. The van der Waals surface area contributed by atoms with E-state index in [1.54, 1.807) is 23.6 Å². The molecule has 0 bridgehead atoms. The van der Waals surface area contributed by atoms with Crippen LogP contribution in [0.5, 0.6) is 0 Å². The second-order valence-corrected chi connectivity index (χ2v) is 7.15. The molecule has 0 unspecified atom stereocenters. The van der Waals surface area contributed by atoms with Gasteiger partial charge in [-0.25, -0.2) is 9.97 Å². The minimum atomic E-state index is 0.757. The summed E-state index contributed by atoms with van der Waals surface area (Å²) in [5.41, 5.74) is 0.881. The van der Waals surface area contributed by atoms with Crippen LogP contribution in [0.25, 0.3) is 10.9 Å². The lowest BCUT2D eigenvalue weighted by molar-refractivity contribution is 0.221. The molecule has 3 aromatic heterocycles. The number of fused-ring (bicyclic) bond motifs is 1. The Morgan fingerprint density at radius 3 is 2.96 bits per heavy atom. The summed E-state index contributed by atoms with van der Waals surface area (Å²) in [5.74, 6) is 1.66. The molecule has 5 nitrogen and oxygen atoms in total. The molecule has 24 heavy (non-hydrogen) atoms. The van der Waals surface area contributed by atoms with Gasteiger partial charge in [-0.2, -0.15) is 0 Å². The first-order chi connectivity index (χ1) is 11.9. The molecule has 1 aliphatic rings. The third-order valence-corrected chi connectivity index (χ3v) is 5.73. The van der Waals surface area contributed by atoms with Gasteiger partial charge >= 0.3 is 0 Å². The summed E-state index contributed by atoms with van der Waals surface area (Å²) in [5, 5.41) is 6.67. The van der Waals surface area contributed by atoms with Gasteiger partial charge in [0.15, 0.2) is 0 Å². The van der Waals surface area contributed by atoms with Crippen molar-refractivity contribution in [1.82, 2.24) is 19.9 Å². The van der Waals surface area contributed by atoms with Crippen molar-refractivity contribution in [3.63, 3.8) is 0 Å². The Morgan fingerprint density at radius 1 is 1.21 bits per heavy atom. The van der Waals surface area contributed by atoms with Gasteiger partial charge in [0.2, 0.25) is 0 Å². The number of nitrogens with zero attached hydrogens (tertiary/aromatic N) is 4. The normalized spacial score (nSPS) is 16.5. The van der Waals surface area contributed by atoms with Crippen molar-refractivity contribution < 1.29 is 0 Å². The predicted octanol–water partition coefficient (Wildman–Crippen LogP) is 3.38. The molecule has 6 heteroatoms. The van der Waals surface area contributed by atoms with Gasteiger partial charge < -0.3 is 10.2 Å². The van der Waals surface area contributed by atoms with Crippen molar-refractivity contribution in [3.05, 3.63) is 47.2 Å². The fourth-order valence-electron chi connectivity index (χ4n) is 3.35. The van der Waals surface area contributed by atoms with Crippen LogP contribution in [-0.2, 0) is 0 Å². The SMILES string of the molecule is c1csc(C2CCN(CCNc3ncnc4cnccc34)CC2)c1. The Balaban J connectivity index is 1.29. The molecule has 1 fully saturated rings. The standard InChI is InChI=1S/C18H21N5S/c1-2-17(24-11-1)14-4-8-23(9-5-14)10-7-20-18-15-3-6-19-12-16(15)21-13-22-18/h1-3,6,11-14H,4-5,7-10H2,(H,20,21,22). The van der Waals surface area contributed by atoms with E-state index in [-0.39, 0.29) is 0 Å². The first-order valence-corrected chi connectivity index (χ1v) is 9.32. The molecule has 0 radical (unpaired) electrons. The molecule has 4 rings (SSSR count). The van der Waals surface area contributed by atoms with Gasteiger partial charge in [0, 0.05) is 29.5 Å². The number of hydrogen-bond acceptors (Lipinski definition) is 6. The maximum absolute atomic E-state index is 4.37. The topological polar surface area (TPSA) is 53.9 Å². The van der Waals surface area contributed by atoms with Gasteiger partial charge in [0.25, 0.3) is 0 Å². The monoisotopic (exact) mass is 339 g/mol. The first kappa shape index (κ1) is 15.5. The van der Waals surface area contributed by atoms with Gasteiger partial charge in [0.05, 0.1) is 11.7 Å². The molecule has 4 heterocycles. The second kappa shape index (κ2) is 7.23. The quantitative estimate of drug-likeness (QED) is 0.772. The van der Waals surface area contributed by atoms with Gasteiger partial charge in [-0.1, -0.05) is 6.07 Å². The number of hydrogen-bond donors (Lipinski definition) is 1. The summed E-state index contributed by atoms with van der Waals surface area (Å²) >= 11 is 1.90. The first-order valence-electron chi connectivity index (χ1n) is 8.44. The molecule has 0 spiro atoms. The highest BCUT2D eigenvalue weighted by Gasteiger charge is 2.20. The van der Waals surface area contributed by atoms with Gasteiger partial charge in [-0.15, -0.1) is 11.3 Å². The van der Waals surface area contributed by atoms with Crippen LogP contribution < -0.4 is 5.32 Å². The van der Waals surface area contributed by atoms with Gasteiger partial charge in [0.1, 0.15) is 12.1 Å². The molecule has 1 saturated heterocycles. The van der Waals surface area contributed by atoms with E-state index in [2.05, 4.69) is 42.7 Å². The third kappa shape index (κ3) is 3.39. The number of aromatic nitrogens is 3. The molecule has 0 atom stereocenters. The largest absolute Gasteiger partial charge is 0.368 e. The Labute approximate surface area is 145 Å². The van der Waals surface area contributed by atoms with Crippen LogP contribution in [0.3, 0.4) is 0 Å². The molecular formula is C18H21N5S. The van der Waals surface area contributed by atoms with E-state index in [1.807, 2.05) is 17.4 Å². The second-order valence-electron chi connectivity index (χ2n) is 6.17. The van der Waals surface area contributed by atoms with E-state index in [0.717, 1.165) is 35.7 Å². The highest BCUT2D eigenvalue weighted by atomic mass is 32.1. The lowest BCUT2D eigenvalue weighted by Crippen LogP contribution is -2.36. The molecule has 124 valence electrons. The van der Waals surface area contributed by atoms with Crippen LogP contribution in [0.1, 0.15) is 23.6 Å². The molecule has 0 aliphatic carbocycles. The fourth-order valence-corrected chi connectivity index (χ4v) is 4.25. The molecule has 1 N–H and O–H groups in total. The minimum Gasteiger partial charge on any atom is -0.368 e. The van der Waals surface area contributed by atoms with E-state index in [9.17, 15) is 0 Å². The molecule has 1 aliphatic heterocycles. The van der Waals surface area contributed by atoms with E-state index in [0.29, 0.717) is 0 Å². The average molecular weight is 339 g/mol. The Bertz CT molecular complexity index is 776. The van der Waals surface area contributed by atoms with Crippen molar-refractivity contribution >= 4 is 28.1 Å². The zero-order chi connectivity index (χ0) is 16.2. The van der Waals surface area contributed by atoms with Crippen molar-refractivity contribution in [2.75, 3.05) is 31.5 Å². The lowest BCUT2D eigenvalue weighted by Gasteiger charge is -2.31. The van der Waals surface area contributed by atoms with Crippen molar-refractivity contribution in [1.29, 1.82) is 0 Å². The van der Waals surface area contributed by atoms with Crippen molar-refractivity contribution in [3.8, 4) is 0 Å². The van der Waals surface area contributed by atoms with Crippen LogP contribution >= 0.6 is 11.3 Å². The predicted molar refractivity (Wildman–Crippen MR) is 98.6 cm³/mol. The number of nitrogens with one attached hydrogen (secondary N) is 1. The molecule has 3 aromatic rings. The number of likely N-dealkylation sites (tertiary alicyclic amines) is 1. The molecular weight excluding hydrogens is 318 g/mol. The summed E-state index contributed by atoms with van der Waals surface area (Å²) in [6, 6.07) is 6.41. The van der Waals surface area contributed by atoms with E-state index < -0.39 is 0 Å². The van der Waals surface area contributed by atoms with E-state index >= 15 is 0 Å². The summed E-state index contributed by atoms with van der Waals surface area (Å²) in [7, 11) is 0. The van der Waals surface area contributed by atoms with Gasteiger partial charge in [-0.3, -0.25) is 4.98 Å². The summed E-state index contributed by atoms with van der Waals surface area (Å²) < 4.78 is 0. The Morgan fingerprint density at radius 2 is 2.12 bits per heavy atom. The maximum atomic E-state index is 4.37. The summed E-state index contributed by atoms with van der Waals surface area (Å²) in [6.07, 6.45) is 7.69. The zero-order valence-electron chi connectivity index (χ0n) is 13.6. The summed E-state index contributed by atoms with van der Waals surface area (Å²) in [4.78, 5) is 16.8. The number of rotatable bonds is 5. The Kier molecular flexibility index (Phi) is 4.66. The molecule has 0 saturated carbocycles. The average Bonchev–Trinajstić information content (AvgIpc) is 3.17. The number of pyridine rings is 1. The molecule has 0 amide bonds. The number of thiophene rings is 1. The van der Waals surface area contributed by atoms with Crippen LogP contribution in [-0.4, -0.2) is 46.0 Å². The highest BCUT2D eigenvalue weighted by Crippen LogP contribution is 2.30. The number of piperidine rings is 1. The minimum absolute atomic E-state index is 0.757. The van der Waals surface area contributed by atoms with E-state index in [1.165, 1.54) is 25.9 Å². The van der Waals surface area contributed by atoms with Crippen LogP contribution in [0.4, 0.5) is 5.82 Å². The highest BCUT2D eigenvalue weighted by molar-refractivity contribution is 7.10. The molecule has 0 aromatic carbocycles.